The molecule has 0 N–H and O–H groups in total. The van der Waals surface area contributed by atoms with E-state index in [4.69, 9.17) is 4.74 Å². The zero-order chi connectivity index (χ0) is 15.4. The topological polar surface area (TPSA) is 15.7 Å². The van der Waals surface area contributed by atoms with Crippen molar-refractivity contribution >= 4 is 0 Å². The predicted octanol–water partition coefficient (Wildman–Crippen LogP) is 2.90. The van der Waals surface area contributed by atoms with E-state index in [2.05, 4.69) is 9.80 Å². The van der Waals surface area contributed by atoms with Gasteiger partial charge in [-0.05, 0) is 49.9 Å². The Bertz CT molecular complexity index is 486. The molecule has 0 aliphatic carbocycles. The summed E-state index contributed by atoms with van der Waals surface area (Å²) in [7, 11) is 1.78. The largest absolute Gasteiger partial charge is 0.383 e. The second-order valence-corrected chi connectivity index (χ2v) is 6.71. The minimum Gasteiger partial charge on any atom is -0.383 e. The fourth-order valence-electron chi connectivity index (χ4n) is 4.13. The normalized spacial score (nSPS) is 22.5. The molecule has 0 atom stereocenters. The van der Waals surface area contributed by atoms with Crippen LogP contribution in [0, 0.1) is 5.82 Å². The van der Waals surface area contributed by atoms with Crippen LogP contribution >= 0.6 is 0 Å². The molecular formula is C18H27FN2O. The van der Waals surface area contributed by atoms with Crippen molar-refractivity contribution in [3.63, 3.8) is 0 Å². The Hall–Kier alpha value is -0.970. The molecule has 0 bridgehead atoms. The Kier molecular flexibility index (Phi) is 5.11. The van der Waals surface area contributed by atoms with E-state index in [0.717, 1.165) is 38.3 Å². The lowest BCUT2D eigenvalue weighted by molar-refractivity contribution is 0.0332. The van der Waals surface area contributed by atoms with Crippen LogP contribution < -0.4 is 0 Å². The summed E-state index contributed by atoms with van der Waals surface area (Å²) in [5.74, 6) is -0.132. The fourth-order valence-corrected chi connectivity index (χ4v) is 4.13. The van der Waals surface area contributed by atoms with Gasteiger partial charge in [0.2, 0.25) is 0 Å². The molecule has 22 heavy (non-hydrogen) atoms. The molecule has 2 fully saturated rings. The zero-order valence-electron chi connectivity index (χ0n) is 13.6. The Morgan fingerprint density at radius 2 is 2.00 bits per heavy atom. The van der Waals surface area contributed by atoms with Crippen LogP contribution in [0.4, 0.5) is 4.39 Å². The molecule has 2 heterocycles. The molecule has 1 aromatic carbocycles. The first-order valence-corrected chi connectivity index (χ1v) is 8.43. The number of methoxy groups -OCH3 is 1. The SMILES string of the molecule is COCCN1CCCC12CCN(Cc1cccc(F)c1)CC2. The van der Waals surface area contributed by atoms with Gasteiger partial charge in [-0.3, -0.25) is 9.80 Å². The van der Waals surface area contributed by atoms with Gasteiger partial charge in [-0.2, -0.15) is 0 Å². The molecule has 4 heteroatoms. The average molecular weight is 306 g/mol. The number of nitrogens with zero attached hydrogens (tertiary/aromatic N) is 2. The molecular weight excluding hydrogens is 279 g/mol. The predicted molar refractivity (Wildman–Crippen MR) is 86.3 cm³/mol. The lowest BCUT2D eigenvalue weighted by Crippen LogP contribution is -2.52. The van der Waals surface area contributed by atoms with Crippen molar-refractivity contribution in [2.24, 2.45) is 0 Å². The highest BCUT2D eigenvalue weighted by atomic mass is 19.1. The Balaban J connectivity index is 1.55. The van der Waals surface area contributed by atoms with Crippen LogP contribution in [-0.4, -0.2) is 55.2 Å². The van der Waals surface area contributed by atoms with E-state index in [0.29, 0.717) is 5.54 Å². The molecule has 2 aliphatic rings. The van der Waals surface area contributed by atoms with Gasteiger partial charge in [-0.15, -0.1) is 0 Å². The van der Waals surface area contributed by atoms with Crippen molar-refractivity contribution < 1.29 is 9.13 Å². The number of halogens is 1. The second-order valence-electron chi connectivity index (χ2n) is 6.71. The maximum Gasteiger partial charge on any atom is 0.123 e. The van der Waals surface area contributed by atoms with Crippen molar-refractivity contribution in [2.45, 2.75) is 37.8 Å². The van der Waals surface area contributed by atoms with Gasteiger partial charge in [0.25, 0.3) is 0 Å². The Labute approximate surface area is 133 Å². The molecule has 0 aromatic heterocycles. The van der Waals surface area contributed by atoms with Gasteiger partial charge >= 0.3 is 0 Å². The number of piperidine rings is 1. The molecule has 0 amide bonds. The number of hydrogen-bond acceptors (Lipinski definition) is 3. The summed E-state index contributed by atoms with van der Waals surface area (Å²) in [5.41, 5.74) is 1.48. The van der Waals surface area contributed by atoms with Crippen molar-refractivity contribution in [1.29, 1.82) is 0 Å². The van der Waals surface area contributed by atoms with Crippen molar-refractivity contribution in [3.05, 3.63) is 35.6 Å². The number of ether oxygens (including phenoxy) is 1. The number of likely N-dealkylation sites (tertiary alicyclic amines) is 2. The highest BCUT2D eigenvalue weighted by Crippen LogP contribution is 2.38. The van der Waals surface area contributed by atoms with E-state index in [9.17, 15) is 4.39 Å². The molecule has 0 unspecified atom stereocenters. The maximum atomic E-state index is 13.3. The summed E-state index contributed by atoms with van der Waals surface area (Å²) in [5, 5.41) is 0. The van der Waals surface area contributed by atoms with Crippen LogP contribution in [0.25, 0.3) is 0 Å². The molecule has 2 saturated heterocycles. The van der Waals surface area contributed by atoms with Gasteiger partial charge in [0.1, 0.15) is 5.82 Å². The highest BCUT2D eigenvalue weighted by molar-refractivity contribution is 5.16. The first kappa shape index (κ1) is 15.9. The maximum absolute atomic E-state index is 13.3. The monoisotopic (exact) mass is 306 g/mol. The van der Waals surface area contributed by atoms with E-state index < -0.39 is 0 Å². The van der Waals surface area contributed by atoms with Crippen LogP contribution in [0.3, 0.4) is 0 Å². The number of benzene rings is 1. The fraction of sp³-hybridized carbons (Fsp3) is 0.667. The standard InChI is InChI=1S/C18H27FN2O/c1-22-13-12-21-9-3-6-18(21)7-10-20(11-8-18)15-16-4-2-5-17(19)14-16/h2,4-5,14H,3,6-13,15H2,1H3. The lowest BCUT2D eigenvalue weighted by atomic mass is 9.85. The van der Waals surface area contributed by atoms with Crippen LogP contribution in [0.2, 0.25) is 0 Å². The molecule has 3 rings (SSSR count). The van der Waals surface area contributed by atoms with Gasteiger partial charge in [0.15, 0.2) is 0 Å². The van der Waals surface area contributed by atoms with Crippen molar-refractivity contribution in [1.82, 2.24) is 9.80 Å². The quantitative estimate of drug-likeness (QED) is 0.832. The van der Waals surface area contributed by atoms with E-state index in [1.165, 1.54) is 38.3 Å². The molecule has 1 aromatic rings. The van der Waals surface area contributed by atoms with Gasteiger partial charge in [-0.1, -0.05) is 12.1 Å². The molecule has 2 aliphatic heterocycles. The third-order valence-electron chi connectivity index (χ3n) is 5.39. The second kappa shape index (κ2) is 7.07. The zero-order valence-corrected chi connectivity index (χ0v) is 13.6. The highest BCUT2D eigenvalue weighted by Gasteiger charge is 2.42. The van der Waals surface area contributed by atoms with Gasteiger partial charge < -0.3 is 4.74 Å². The number of hydrogen-bond donors (Lipinski definition) is 0. The minimum absolute atomic E-state index is 0.132. The summed E-state index contributed by atoms with van der Waals surface area (Å²) < 4.78 is 18.6. The molecule has 122 valence electrons. The first-order valence-electron chi connectivity index (χ1n) is 8.43. The molecule has 1 spiro atoms. The summed E-state index contributed by atoms with van der Waals surface area (Å²) in [4.78, 5) is 5.11. The average Bonchev–Trinajstić information content (AvgIpc) is 2.90. The molecule has 0 saturated carbocycles. The van der Waals surface area contributed by atoms with E-state index in [1.807, 2.05) is 6.07 Å². The number of rotatable bonds is 5. The molecule has 0 radical (unpaired) electrons. The van der Waals surface area contributed by atoms with E-state index >= 15 is 0 Å². The van der Waals surface area contributed by atoms with Crippen molar-refractivity contribution in [3.8, 4) is 0 Å². The van der Waals surface area contributed by atoms with Crippen LogP contribution in [0.15, 0.2) is 24.3 Å². The first-order chi connectivity index (χ1) is 10.7. The minimum atomic E-state index is -0.132. The Morgan fingerprint density at radius 3 is 2.73 bits per heavy atom. The van der Waals surface area contributed by atoms with Gasteiger partial charge in [-0.25, -0.2) is 4.39 Å². The summed E-state index contributed by atoms with van der Waals surface area (Å²) >= 11 is 0. The third kappa shape index (κ3) is 3.50. The summed E-state index contributed by atoms with van der Waals surface area (Å²) in [6, 6.07) is 7.00. The van der Waals surface area contributed by atoms with Crippen LogP contribution in [0.5, 0.6) is 0 Å². The van der Waals surface area contributed by atoms with Gasteiger partial charge in [0, 0.05) is 38.8 Å². The van der Waals surface area contributed by atoms with E-state index in [1.54, 1.807) is 19.2 Å². The lowest BCUT2D eigenvalue weighted by Gasteiger charge is -2.45. The Morgan fingerprint density at radius 1 is 1.18 bits per heavy atom. The molecule has 3 nitrogen and oxygen atoms in total. The smallest absolute Gasteiger partial charge is 0.123 e. The van der Waals surface area contributed by atoms with Crippen LogP contribution in [-0.2, 0) is 11.3 Å². The van der Waals surface area contributed by atoms with E-state index in [-0.39, 0.29) is 5.82 Å². The summed E-state index contributed by atoms with van der Waals surface area (Å²) in [6.07, 6.45) is 5.09. The van der Waals surface area contributed by atoms with Crippen molar-refractivity contribution in [2.75, 3.05) is 39.9 Å². The van der Waals surface area contributed by atoms with Crippen LogP contribution in [0.1, 0.15) is 31.2 Å². The van der Waals surface area contributed by atoms with Gasteiger partial charge in [0.05, 0.1) is 6.61 Å². The third-order valence-corrected chi connectivity index (χ3v) is 5.39. The summed E-state index contributed by atoms with van der Waals surface area (Å²) in [6.45, 7) is 6.19.